The SMILES string of the molecule is Cc1nc2c(F)cc(-c3nc(Nc4ccc(CC5CCN(c6ccc(CCl)cc6)CC5)cn4)ncc3F)cc2n1C(C)C. The van der Waals surface area contributed by atoms with Crippen LogP contribution in [0.3, 0.4) is 0 Å². The van der Waals surface area contributed by atoms with Crippen molar-refractivity contribution >= 4 is 40.1 Å². The molecule has 0 saturated carbocycles. The van der Waals surface area contributed by atoms with E-state index in [0.29, 0.717) is 34.5 Å². The molecule has 1 aliphatic rings. The van der Waals surface area contributed by atoms with Crippen molar-refractivity contribution in [1.29, 1.82) is 0 Å². The molecule has 1 fully saturated rings. The van der Waals surface area contributed by atoms with Gasteiger partial charge in [0, 0.05) is 42.5 Å². The first kappa shape index (κ1) is 29.0. The topological polar surface area (TPSA) is 71.8 Å². The van der Waals surface area contributed by atoms with Crippen LogP contribution in [0.1, 0.15) is 49.7 Å². The second kappa shape index (κ2) is 12.2. The van der Waals surface area contributed by atoms with Gasteiger partial charge in [0.2, 0.25) is 5.95 Å². The number of anilines is 3. The van der Waals surface area contributed by atoms with E-state index in [2.05, 4.69) is 60.5 Å². The molecule has 2 aromatic carbocycles. The molecule has 0 bridgehead atoms. The van der Waals surface area contributed by atoms with Crippen molar-refractivity contribution in [2.75, 3.05) is 23.3 Å². The Hall–Kier alpha value is -4.11. The first-order chi connectivity index (χ1) is 20.8. The number of hydrogen-bond donors (Lipinski definition) is 1. The number of alkyl halides is 1. The Labute approximate surface area is 255 Å². The van der Waals surface area contributed by atoms with Gasteiger partial charge in [-0.25, -0.2) is 28.7 Å². The highest BCUT2D eigenvalue weighted by Gasteiger charge is 2.21. The normalized spacial score (nSPS) is 14.2. The van der Waals surface area contributed by atoms with Crippen molar-refractivity contribution in [1.82, 2.24) is 24.5 Å². The largest absolute Gasteiger partial charge is 0.372 e. The maximum atomic E-state index is 15.0. The lowest BCUT2D eigenvalue weighted by Gasteiger charge is -2.33. The summed E-state index contributed by atoms with van der Waals surface area (Å²) in [6.07, 6.45) is 6.15. The maximum absolute atomic E-state index is 15.0. The van der Waals surface area contributed by atoms with Crippen LogP contribution in [0, 0.1) is 24.5 Å². The molecule has 10 heteroatoms. The monoisotopic (exact) mass is 601 g/mol. The number of rotatable bonds is 8. The zero-order valence-electron chi connectivity index (χ0n) is 24.5. The Bertz CT molecular complexity index is 1730. The van der Waals surface area contributed by atoms with E-state index in [-0.39, 0.29) is 23.2 Å². The Morgan fingerprint density at radius 1 is 0.930 bits per heavy atom. The summed E-state index contributed by atoms with van der Waals surface area (Å²) in [5.41, 5.74) is 4.72. The van der Waals surface area contributed by atoms with Crippen molar-refractivity contribution in [3.8, 4) is 11.3 Å². The maximum Gasteiger partial charge on any atom is 0.229 e. The molecule has 6 rings (SSSR count). The number of halogens is 3. The molecule has 0 aliphatic carbocycles. The Balaban J connectivity index is 1.12. The van der Waals surface area contributed by atoms with Crippen LogP contribution < -0.4 is 10.2 Å². The molecule has 0 unspecified atom stereocenters. The number of pyridine rings is 1. The highest BCUT2D eigenvalue weighted by Crippen LogP contribution is 2.31. The van der Waals surface area contributed by atoms with Crippen LogP contribution in [0.5, 0.6) is 0 Å². The summed E-state index contributed by atoms with van der Waals surface area (Å²) in [5, 5.41) is 3.06. The predicted molar refractivity (Wildman–Crippen MR) is 168 cm³/mol. The Morgan fingerprint density at radius 2 is 1.67 bits per heavy atom. The third-order valence-electron chi connectivity index (χ3n) is 8.12. The lowest BCUT2D eigenvalue weighted by atomic mass is 9.90. The van der Waals surface area contributed by atoms with E-state index in [1.165, 1.54) is 11.8 Å². The van der Waals surface area contributed by atoms with E-state index in [0.717, 1.165) is 49.7 Å². The number of nitrogens with one attached hydrogen (secondary N) is 1. The van der Waals surface area contributed by atoms with E-state index in [1.807, 2.05) is 37.6 Å². The molecule has 4 heterocycles. The molecule has 222 valence electrons. The highest BCUT2D eigenvalue weighted by atomic mass is 35.5. The van der Waals surface area contributed by atoms with Crippen molar-refractivity contribution in [2.24, 2.45) is 5.92 Å². The number of hydrogen-bond acceptors (Lipinski definition) is 6. The minimum atomic E-state index is -0.640. The van der Waals surface area contributed by atoms with Crippen LogP contribution >= 0.6 is 11.6 Å². The number of aryl methyl sites for hydroxylation is 1. The summed E-state index contributed by atoms with van der Waals surface area (Å²) in [7, 11) is 0. The van der Waals surface area contributed by atoms with Crippen LogP contribution in [0.4, 0.5) is 26.2 Å². The van der Waals surface area contributed by atoms with Gasteiger partial charge in [-0.2, -0.15) is 0 Å². The van der Waals surface area contributed by atoms with Gasteiger partial charge >= 0.3 is 0 Å². The fourth-order valence-electron chi connectivity index (χ4n) is 5.95. The molecule has 0 spiro atoms. The molecule has 7 nitrogen and oxygen atoms in total. The van der Waals surface area contributed by atoms with Gasteiger partial charge in [0.05, 0.1) is 11.7 Å². The lowest BCUT2D eigenvalue weighted by molar-refractivity contribution is 0.403. The molecular weight excluding hydrogens is 568 g/mol. The van der Waals surface area contributed by atoms with E-state index in [9.17, 15) is 4.39 Å². The van der Waals surface area contributed by atoms with Crippen LogP contribution in [0.25, 0.3) is 22.3 Å². The smallest absolute Gasteiger partial charge is 0.229 e. The standard InChI is InChI=1S/C33H34ClF2N7/c1-20(2)43-21(3)39-32-27(35)15-25(16-29(32)43)31-28(36)19-38-33(41-31)40-30-9-6-24(18-37-30)14-22-10-12-42(13-11-22)26-7-4-23(17-34)5-8-26/h4-9,15-16,18-20,22H,10-14,17H2,1-3H3,(H,37,38,40,41). The molecule has 3 aromatic heterocycles. The third-order valence-corrected chi connectivity index (χ3v) is 8.43. The van der Waals surface area contributed by atoms with Gasteiger partial charge in [-0.15, -0.1) is 11.6 Å². The summed E-state index contributed by atoms with van der Waals surface area (Å²) in [4.78, 5) is 19.8. The van der Waals surface area contributed by atoms with Crippen molar-refractivity contribution in [2.45, 2.75) is 52.0 Å². The van der Waals surface area contributed by atoms with Crippen molar-refractivity contribution in [3.63, 3.8) is 0 Å². The Kier molecular flexibility index (Phi) is 8.25. The van der Waals surface area contributed by atoms with Crippen LogP contribution in [-0.4, -0.2) is 37.6 Å². The van der Waals surface area contributed by atoms with E-state index in [4.69, 9.17) is 11.6 Å². The minimum Gasteiger partial charge on any atom is -0.372 e. The summed E-state index contributed by atoms with van der Waals surface area (Å²) < 4.78 is 31.8. The van der Waals surface area contributed by atoms with E-state index in [1.54, 1.807) is 6.07 Å². The third kappa shape index (κ3) is 6.18. The zero-order valence-corrected chi connectivity index (χ0v) is 25.2. The molecule has 5 aromatic rings. The molecule has 1 aliphatic heterocycles. The van der Waals surface area contributed by atoms with Crippen LogP contribution in [0.2, 0.25) is 0 Å². The average Bonchev–Trinajstić information content (AvgIpc) is 3.36. The second-order valence-electron chi connectivity index (χ2n) is 11.5. The highest BCUT2D eigenvalue weighted by molar-refractivity contribution is 6.17. The molecule has 1 saturated heterocycles. The van der Waals surface area contributed by atoms with E-state index < -0.39 is 11.6 Å². The summed E-state index contributed by atoms with van der Waals surface area (Å²) in [6.45, 7) is 7.88. The predicted octanol–water partition coefficient (Wildman–Crippen LogP) is 8.00. The number of piperidine rings is 1. The Morgan fingerprint density at radius 3 is 2.35 bits per heavy atom. The van der Waals surface area contributed by atoms with Gasteiger partial charge in [-0.05, 0) is 87.4 Å². The fourth-order valence-corrected chi connectivity index (χ4v) is 6.12. The fraction of sp³-hybridized carbons (Fsp3) is 0.333. The first-order valence-electron chi connectivity index (χ1n) is 14.6. The van der Waals surface area contributed by atoms with Crippen molar-refractivity contribution in [3.05, 3.63) is 89.5 Å². The number of benzene rings is 2. The van der Waals surface area contributed by atoms with Gasteiger partial charge in [0.25, 0.3) is 0 Å². The number of imidazole rings is 1. The summed E-state index contributed by atoms with van der Waals surface area (Å²) in [6, 6.07) is 15.5. The van der Waals surface area contributed by atoms with Gasteiger partial charge < -0.3 is 14.8 Å². The molecule has 1 N–H and O–H groups in total. The molecule has 0 atom stereocenters. The van der Waals surface area contributed by atoms with Crippen LogP contribution in [-0.2, 0) is 12.3 Å². The molecule has 0 radical (unpaired) electrons. The second-order valence-corrected chi connectivity index (χ2v) is 11.7. The van der Waals surface area contributed by atoms with Gasteiger partial charge in [-0.1, -0.05) is 18.2 Å². The van der Waals surface area contributed by atoms with Crippen LogP contribution in [0.15, 0.2) is 60.9 Å². The minimum absolute atomic E-state index is 0.00501. The summed E-state index contributed by atoms with van der Waals surface area (Å²) in [5.74, 6) is 1.39. The van der Waals surface area contributed by atoms with Crippen molar-refractivity contribution < 1.29 is 8.78 Å². The summed E-state index contributed by atoms with van der Waals surface area (Å²) >= 11 is 5.92. The average molecular weight is 602 g/mol. The van der Waals surface area contributed by atoms with E-state index >= 15 is 4.39 Å². The number of aromatic nitrogens is 5. The number of fused-ring (bicyclic) bond motifs is 1. The number of nitrogens with zero attached hydrogens (tertiary/aromatic N) is 6. The van der Waals surface area contributed by atoms with Gasteiger partial charge in [-0.3, -0.25) is 0 Å². The van der Waals surface area contributed by atoms with Gasteiger partial charge in [0.15, 0.2) is 11.6 Å². The molecular formula is C33H34ClF2N7. The first-order valence-corrected chi connectivity index (χ1v) is 15.1. The zero-order chi connectivity index (χ0) is 30.1. The van der Waals surface area contributed by atoms with Gasteiger partial charge in [0.1, 0.15) is 22.9 Å². The molecule has 0 amide bonds. The quantitative estimate of drug-likeness (QED) is 0.182. The lowest BCUT2D eigenvalue weighted by Crippen LogP contribution is -2.34. The molecule has 43 heavy (non-hydrogen) atoms.